The van der Waals surface area contributed by atoms with E-state index in [4.69, 9.17) is 11.6 Å². The molecule has 1 aromatic carbocycles. The molecule has 1 aliphatic heterocycles. The van der Waals surface area contributed by atoms with E-state index in [0.29, 0.717) is 24.5 Å². The van der Waals surface area contributed by atoms with Gasteiger partial charge in [0.2, 0.25) is 11.8 Å². The second-order valence-corrected chi connectivity index (χ2v) is 8.34. The number of thiophene rings is 1. The van der Waals surface area contributed by atoms with Gasteiger partial charge in [-0.1, -0.05) is 36.7 Å². The van der Waals surface area contributed by atoms with Gasteiger partial charge >= 0.3 is 0 Å². The summed E-state index contributed by atoms with van der Waals surface area (Å²) in [4.78, 5) is 30.4. The Morgan fingerprint density at radius 2 is 2.07 bits per heavy atom. The first-order chi connectivity index (χ1) is 13.5. The van der Waals surface area contributed by atoms with Gasteiger partial charge in [0.15, 0.2) is 0 Å². The molecular formula is C22H25ClN2O2S. The van der Waals surface area contributed by atoms with E-state index in [1.165, 1.54) is 10.4 Å². The summed E-state index contributed by atoms with van der Waals surface area (Å²) in [5.74, 6) is -0.0462. The largest absolute Gasteiger partial charge is 0.330 e. The van der Waals surface area contributed by atoms with Gasteiger partial charge in [0.25, 0.3) is 0 Å². The first-order valence-corrected chi connectivity index (χ1v) is 10.8. The Morgan fingerprint density at radius 1 is 1.32 bits per heavy atom. The lowest BCUT2D eigenvalue weighted by atomic mass is 9.93. The van der Waals surface area contributed by atoms with Gasteiger partial charge in [-0.15, -0.1) is 17.9 Å². The summed E-state index contributed by atoms with van der Waals surface area (Å²) in [5, 5.41) is 2.75. The molecule has 28 heavy (non-hydrogen) atoms. The highest BCUT2D eigenvalue weighted by molar-refractivity contribution is 7.10. The monoisotopic (exact) mass is 416 g/mol. The summed E-state index contributed by atoms with van der Waals surface area (Å²) in [6.45, 7) is 6.79. The summed E-state index contributed by atoms with van der Waals surface area (Å²) in [5.41, 5.74) is 2.20. The minimum absolute atomic E-state index is 0.00738. The number of fused-ring (bicyclic) bond motifs is 1. The van der Waals surface area contributed by atoms with Crippen molar-refractivity contribution in [2.24, 2.45) is 0 Å². The normalized spacial score (nSPS) is 15.8. The first-order valence-electron chi connectivity index (χ1n) is 9.55. The van der Waals surface area contributed by atoms with Crippen molar-refractivity contribution in [1.29, 1.82) is 0 Å². The van der Waals surface area contributed by atoms with Gasteiger partial charge in [0, 0.05) is 29.4 Å². The molecule has 0 N–H and O–H groups in total. The fourth-order valence-corrected chi connectivity index (χ4v) is 4.66. The molecule has 6 heteroatoms. The van der Waals surface area contributed by atoms with E-state index in [0.717, 1.165) is 18.4 Å². The molecule has 1 aromatic heterocycles. The van der Waals surface area contributed by atoms with Gasteiger partial charge in [0.1, 0.15) is 6.54 Å². The van der Waals surface area contributed by atoms with Crippen LogP contribution < -0.4 is 0 Å². The van der Waals surface area contributed by atoms with E-state index in [9.17, 15) is 9.59 Å². The summed E-state index contributed by atoms with van der Waals surface area (Å²) in [7, 11) is 0. The van der Waals surface area contributed by atoms with Crippen LogP contribution in [0.5, 0.6) is 0 Å². The Morgan fingerprint density at radius 3 is 2.75 bits per heavy atom. The average Bonchev–Trinajstić information content (AvgIpc) is 3.16. The van der Waals surface area contributed by atoms with Gasteiger partial charge in [-0.2, -0.15) is 0 Å². The number of carbonyl (C=O) groups is 2. The van der Waals surface area contributed by atoms with Crippen LogP contribution in [0.3, 0.4) is 0 Å². The van der Waals surface area contributed by atoms with Crippen LogP contribution in [0.2, 0.25) is 5.02 Å². The van der Waals surface area contributed by atoms with Crippen molar-refractivity contribution in [3.8, 4) is 0 Å². The van der Waals surface area contributed by atoms with Crippen molar-refractivity contribution in [3.05, 3.63) is 69.4 Å². The van der Waals surface area contributed by atoms with Crippen LogP contribution in [-0.2, 0) is 16.0 Å². The third-order valence-electron chi connectivity index (χ3n) is 4.96. The summed E-state index contributed by atoms with van der Waals surface area (Å²) in [6, 6.07) is 9.62. The highest BCUT2D eigenvalue weighted by Gasteiger charge is 2.33. The second-order valence-electron chi connectivity index (χ2n) is 6.90. The fourth-order valence-electron chi connectivity index (χ4n) is 3.63. The molecule has 148 valence electrons. The molecule has 0 radical (unpaired) electrons. The molecule has 0 aliphatic carbocycles. The Kier molecular flexibility index (Phi) is 6.92. The lowest BCUT2D eigenvalue weighted by Crippen LogP contribution is -2.46. The van der Waals surface area contributed by atoms with E-state index in [2.05, 4.69) is 18.0 Å². The third kappa shape index (κ3) is 4.47. The molecule has 1 aliphatic rings. The summed E-state index contributed by atoms with van der Waals surface area (Å²) in [6.07, 6.45) is 3.71. The van der Waals surface area contributed by atoms with E-state index in [-0.39, 0.29) is 24.4 Å². The summed E-state index contributed by atoms with van der Waals surface area (Å²) < 4.78 is 0. The van der Waals surface area contributed by atoms with Crippen molar-refractivity contribution in [3.63, 3.8) is 0 Å². The first kappa shape index (κ1) is 20.6. The molecule has 0 saturated heterocycles. The van der Waals surface area contributed by atoms with E-state index < -0.39 is 0 Å². The maximum Gasteiger partial charge on any atom is 0.243 e. The van der Waals surface area contributed by atoms with Gasteiger partial charge in [0.05, 0.1) is 6.04 Å². The fraction of sp³-hybridized carbons (Fsp3) is 0.364. The molecule has 0 spiro atoms. The van der Waals surface area contributed by atoms with Crippen molar-refractivity contribution < 1.29 is 9.59 Å². The maximum absolute atomic E-state index is 13.2. The SMILES string of the molecule is C=CCN(CC(=O)N1CCc2sccc2C1c1ccc(Cl)cc1)C(=O)CCC. The number of amides is 2. The van der Waals surface area contributed by atoms with Gasteiger partial charge in [-0.25, -0.2) is 0 Å². The number of hydrogen-bond donors (Lipinski definition) is 0. The molecule has 3 rings (SSSR count). The van der Waals surface area contributed by atoms with Crippen LogP contribution in [0.1, 0.15) is 41.8 Å². The van der Waals surface area contributed by atoms with Gasteiger partial charge < -0.3 is 9.80 Å². The number of nitrogens with zero attached hydrogens (tertiary/aromatic N) is 2. The molecule has 0 bridgehead atoms. The zero-order valence-electron chi connectivity index (χ0n) is 16.1. The van der Waals surface area contributed by atoms with E-state index >= 15 is 0 Å². The highest BCUT2D eigenvalue weighted by atomic mass is 35.5. The van der Waals surface area contributed by atoms with Crippen LogP contribution in [0, 0.1) is 0 Å². The number of benzene rings is 1. The minimum Gasteiger partial charge on any atom is -0.330 e. The molecule has 0 fully saturated rings. The minimum atomic E-state index is -0.147. The molecule has 2 aromatic rings. The smallest absolute Gasteiger partial charge is 0.243 e. The molecule has 4 nitrogen and oxygen atoms in total. The molecule has 1 unspecified atom stereocenters. The molecule has 2 amide bonds. The Hall–Kier alpha value is -2.11. The van der Waals surface area contributed by atoms with Gasteiger partial charge in [-0.05, 0) is 47.5 Å². The topological polar surface area (TPSA) is 40.6 Å². The van der Waals surface area contributed by atoms with Crippen LogP contribution in [-0.4, -0.2) is 41.2 Å². The number of halogens is 1. The van der Waals surface area contributed by atoms with Crippen molar-refractivity contribution in [2.45, 2.75) is 32.2 Å². The predicted molar refractivity (Wildman–Crippen MR) is 115 cm³/mol. The maximum atomic E-state index is 13.2. The number of carbonyl (C=O) groups excluding carboxylic acids is 2. The van der Waals surface area contributed by atoms with Crippen LogP contribution >= 0.6 is 22.9 Å². The van der Waals surface area contributed by atoms with Crippen molar-refractivity contribution in [2.75, 3.05) is 19.6 Å². The van der Waals surface area contributed by atoms with Gasteiger partial charge in [-0.3, -0.25) is 9.59 Å². The van der Waals surface area contributed by atoms with E-state index in [1.807, 2.05) is 36.1 Å². The second kappa shape index (κ2) is 9.39. The standard InChI is InChI=1S/C22H25ClN2O2S/c1-3-5-20(26)24(12-4-2)15-21(27)25-13-10-19-18(11-14-28-19)22(25)16-6-8-17(23)9-7-16/h4,6-9,11,14,22H,2-3,5,10,12-13,15H2,1H3. The van der Waals surface area contributed by atoms with Crippen LogP contribution in [0.4, 0.5) is 0 Å². The predicted octanol–water partition coefficient (Wildman–Crippen LogP) is 4.69. The number of rotatable bonds is 7. The van der Waals surface area contributed by atoms with Crippen LogP contribution in [0.25, 0.3) is 0 Å². The summed E-state index contributed by atoms with van der Waals surface area (Å²) >= 11 is 7.80. The van der Waals surface area contributed by atoms with Crippen LogP contribution in [0.15, 0.2) is 48.4 Å². The molecule has 1 atom stereocenters. The quantitative estimate of drug-likeness (QED) is 0.614. The molecular weight excluding hydrogens is 392 g/mol. The lowest BCUT2D eigenvalue weighted by molar-refractivity contribution is -0.141. The van der Waals surface area contributed by atoms with Crippen molar-refractivity contribution >= 4 is 34.8 Å². The zero-order chi connectivity index (χ0) is 20.1. The molecule has 0 saturated carbocycles. The third-order valence-corrected chi connectivity index (χ3v) is 6.21. The average molecular weight is 417 g/mol. The molecule has 2 heterocycles. The Bertz CT molecular complexity index is 846. The Balaban J connectivity index is 1.87. The zero-order valence-corrected chi connectivity index (χ0v) is 17.6. The Labute approximate surface area is 175 Å². The van der Waals surface area contributed by atoms with E-state index in [1.54, 1.807) is 22.3 Å². The lowest BCUT2D eigenvalue weighted by Gasteiger charge is -2.37. The highest BCUT2D eigenvalue weighted by Crippen LogP contribution is 2.38. The van der Waals surface area contributed by atoms with Crippen molar-refractivity contribution in [1.82, 2.24) is 9.80 Å². The number of hydrogen-bond acceptors (Lipinski definition) is 3.